The second-order valence-electron chi connectivity index (χ2n) is 4.12. The fourth-order valence-corrected chi connectivity index (χ4v) is 2.84. The van der Waals surface area contributed by atoms with E-state index in [1.165, 1.54) is 0 Å². The van der Waals surface area contributed by atoms with Crippen molar-refractivity contribution >= 4 is 11.3 Å². The normalized spacial score (nSPS) is 32.4. The van der Waals surface area contributed by atoms with Gasteiger partial charge < -0.3 is 10.8 Å². The summed E-state index contributed by atoms with van der Waals surface area (Å²) < 4.78 is 0. The number of nitrogens with zero attached hydrogens (tertiary/aromatic N) is 2. The molecular formula is C9H15N3OS. The minimum absolute atomic E-state index is 0.147. The van der Waals surface area contributed by atoms with Gasteiger partial charge in [0.15, 0.2) is 0 Å². The lowest BCUT2D eigenvalue weighted by Crippen LogP contribution is -2.30. The summed E-state index contributed by atoms with van der Waals surface area (Å²) in [6, 6.07) is 0.147. The van der Waals surface area contributed by atoms with Crippen LogP contribution in [0.5, 0.6) is 0 Å². The van der Waals surface area contributed by atoms with Gasteiger partial charge in [-0.3, -0.25) is 0 Å². The first-order valence-electron chi connectivity index (χ1n) is 4.84. The molecule has 1 heterocycles. The van der Waals surface area contributed by atoms with Crippen LogP contribution >= 0.6 is 11.3 Å². The monoisotopic (exact) mass is 213 g/mol. The molecule has 2 rings (SSSR count). The lowest BCUT2D eigenvalue weighted by atomic mass is 9.98. The van der Waals surface area contributed by atoms with Crippen LogP contribution in [-0.2, 0) is 6.42 Å². The molecule has 14 heavy (non-hydrogen) atoms. The van der Waals surface area contributed by atoms with E-state index in [0.717, 1.165) is 22.9 Å². The van der Waals surface area contributed by atoms with E-state index in [1.54, 1.807) is 11.3 Å². The Labute approximate surface area is 87.2 Å². The van der Waals surface area contributed by atoms with Gasteiger partial charge >= 0.3 is 0 Å². The van der Waals surface area contributed by atoms with Gasteiger partial charge in [-0.25, -0.2) is 0 Å². The summed E-state index contributed by atoms with van der Waals surface area (Å²) in [5.74, 6) is 0. The summed E-state index contributed by atoms with van der Waals surface area (Å²) in [6.07, 6.45) is 2.99. The fraction of sp³-hybridized carbons (Fsp3) is 0.778. The zero-order chi connectivity index (χ0) is 10.2. The SMILES string of the molecule is Cc1nnc(CC2(O)CCC(N)C2)s1. The minimum atomic E-state index is -0.634. The van der Waals surface area contributed by atoms with Crippen molar-refractivity contribution in [1.82, 2.24) is 10.2 Å². The first kappa shape index (κ1) is 10.0. The van der Waals surface area contributed by atoms with Crippen molar-refractivity contribution in [2.24, 2.45) is 5.73 Å². The third-order valence-corrected chi connectivity index (χ3v) is 3.51. The van der Waals surface area contributed by atoms with Gasteiger partial charge in [0.05, 0.1) is 5.60 Å². The average Bonchev–Trinajstić information content (AvgIpc) is 2.60. The quantitative estimate of drug-likeness (QED) is 0.756. The van der Waals surface area contributed by atoms with E-state index in [0.29, 0.717) is 12.8 Å². The summed E-state index contributed by atoms with van der Waals surface area (Å²) in [5, 5.41) is 20.0. The summed E-state index contributed by atoms with van der Waals surface area (Å²) in [5.41, 5.74) is 5.14. The molecule has 0 aliphatic heterocycles. The summed E-state index contributed by atoms with van der Waals surface area (Å²) in [6.45, 7) is 1.92. The topological polar surface area (TPSA) is 72.0 Å². The lowest BCUT2D eigenvalue weighted by molar-refractivity contribution is 0.0466. The highest BCUT2D eigenvalue weighted by Gasteiger charge is 2.36. The molecule has 1 aromatic heterocycles. The maximum atomic E-state index is 10.2. The number of aliphatic hydroxyl groups is 1. The van der Waals surface area contributed by atoms with E-state index in [-0.39, 0.29) is 6.04 Å². The largest absolute Gasteiger partial charge is 0.389 e. The minimum Gasteiger partial charge on any atom is -0.389 e. The van der Waals surface area contributed by atoms with Gasteiger partial charge in [0.25, 0.3) is 0 Å². The summed E-state index contributed by atoms with van der Waals surface area (Å²) in [4.78, 5) is 0. The highest BCUT2D eigenvalue weighted by Crippen LogP contribution is 2.32. The van der Waals surface area contributed by atoms with E-state index in [4.69, 9.17) is 5.73 Å². The molecule has 1 saturated carbocycles. The van der Waals surface area contributed by atoms with Gasteiger partial charge in [-0.1, -0.05) is 0 Å². The molecule has 1 fully saturated rings. The molecule has 3 N–H and O–H groups in total. The third-order valence-electron chi connectivity index (χ3n) is 2.67. The second-order valence-corrected chi connectivity index (χ2v) is 5.39. The molecule has 5 heteroatoms. The molecule has 4 nitrogen and oxygen atoms in total. The van der Waals surface area contributed by atoms with Crippen LogP contribution in [0.4, 0.5) is 0 Å². The first-order chi connectivity index (χ1) is 6.57. The number of aromatic nitrogens is 2. The van der Waals surface area contributed by atoms with Crippen molar-refractivity contribution in [2.45, 2.75) is 44.2 Å². The summed E-state index contributed by atoms with van der Waals surface area (Å²) >= 11 is 1.55. The fourth-order valence-electron chi connectivity index (χ4n) is 2.00. The van der Waals surface area contributed by atoms with Gasteiger partial charge in [-0.2, -0.15) is 0 Å². The molecule has 0 saturated heterocycles. The van der Waals surface area contributed by atoms with Gasteiger partial charge in [0, 0.05) is 12.5 Å². The Bertz CT molecular complexity index is 328. The van der Waals surface area contributed by atoms with Gasteiger partial charge in [0.2, 0.25) is 0 Å². The number of hydrogen-bond acceptors (Lipinski definition) is 5. The molecule has 0 bridgehead atoms. The number of nitrogens with two attached hydrogens (primary N) is 1. The van der Waals surface area contributed by atoms with Crippen LogP contribution in [0.15, 0.2) is 0 Å². The van der Waals surface area contributed by atoms with Crippen molar-refractivity contribution < 1.29 is 5.11 Å². The molecule has 1 aliphatic carbocycles. The van der Waals surface area contributed by atoms with Crippen LogP contribution in [-0.4, -0.2) is 26.9 Å². The predicted molar refractivity (Wildman–Crippen MR) is 55.1 cm³/mol. The Morgan fingerprint density at radius 3 is 2.93 bits per heavy atom. The van der Waals surface area contributed by atoms with Crippen molar-refractivity contribution in [1.29, 1.82) is 0 Å². The second kappa shape index (κ2) is 3.56. The van der Waals surface area contributed by atoms with Crippen LogP contribution in [0.25, 0.3) is 0 Å². The summed E-state index contributed by atoms with van der Waals surface area (Å²) in [7, 11) is 0. The number of hydrogen-bond donors (Lipinski definition) is 2. The Kier molecular flexibility index (Phi) is 2.55. The third kappa shape index (κ3) is 2.10. The van der Waals surface area contributed by atoms with Crippen LogP contribution < -0.4 is 5.73 Å². The van der Waals surface area contributed by atoms with Gasteiger partial charge in [-0.15, -0.1) is 21.5 Å². The molecule has 2 atom stereocenters. The maximum absolute atomic E-state index is 10.2. The van der Waals surface area contributed by atoms with Crippen molar-refractivity contribution in [2.75, 3.05) is 0 Å². The van der Waals surface area contributed by atoms with E-state index in [2.05, 4.69) is 10.2 Å². The van der Waals surface area contributed by atoms with E-state index in [1.807, 2.05) is 6.92 Å². The molecule has 1 aliphatic rings. The van der Waals surface area contributed by atoms with Crippen LogP contribution in [0.1, 0.15) is 29.3 Å². The van der Waals surface area contributed by atoms with Crippen molar-refractivity contribution in [3.05, 3.63) is 10.0 Å². The highest BCUT2D eigenvalue weighted by atomic mass is 32.1. The predicted octanol–water partition coefficient (Wildman–Crippen LogP) is 0.631. The lowest BCUT2D eigenvalue weighted by Gasteiger charge is -2.20. The molecule has 78 valence electrons. The molecule has 0 radical (unpaired) electrons. The van der Waals surface area contributed by atoms with Gasteiger partial charge in [0.1, 0.15) is 10.0 Å². The molecule has 0 amide bonds. The molecule has 2 unspecified atom stereocenters. The van der Waals surface area contributed by atoms with Gasteiger partial charge in [-0.05, 0) is 26.2 Å². The standard InChI is InChI=1S/C9H15N3OS/c1-6-11-12-8(14-6)5-9(13)3-2-7(10)4-9/h7,13H,2-5,10H2,1H3. The Balaban J connectivity index is 2.03. The Hall–Kier alpha value is -0.520. The van der Waals surface area contributed by atoms with Crippen LogP contribution in [0.3, 0.4) is 0 Å². The van der Waals surface area contributed by atoms with Crippen molar-refractivity contribution in [3.63, 3.8) is 0 Å². The smallest absolute Gasteiger partial charge is 0.120 e. The van der Waals surface area contributed by atoms with E-state index < -0.39 is 5.60 Å². The van der Waals surface area contributed by atoms with Crippen LogP contribution in [0.2, 0.25) is 0 Å². The molecule has 1 aromatic rings. The van der Waals surface area contributed by atoms with Crippen molar-refractivity contribution in [3.8, 4) is 0 Å². The maximum Gasteiger partial charge on any atom is 0.120 e. The highest BCUT2D eigenvalue weighted by molar-refractivity contribution is 7.11. The molecule has 0 aromatic carbocycles. The number of aryl methyl sites for hydroxylation is 1. The Morgan fingerprint density at radius 2 is 2.43 bits per heavy atom. The first-order valence-corrected chi connectivity index (χ1v) is 5.66. The van der Waals surface area contributed by atoms with E-state index in [9.17, 15) is 5.11 Å². The zero-order valence-corrected chi connectivity index (χ0v) is 9.05. The molecule has 0 spiro atoms. The zero-order valence-electron chi connectivity index (χ0n) is 8.23. The van der Waals surface area contributed by atoms with Crippen LogP contribution in [0, 0.1) is 6.92 Å². The average molecular weight is 213 g/mol. The molecular weight excluding hydrogens is 198 g/mol. The number of rotatable bonds is 2. The Morgan fingerprint density at radius 1 is 1.64 bits per heavy atom. The van der Waals surface area contributed by atoms with E-state index >= 15 is 0 Å².